The molecule has 0 aliphatic carbocycles. The molecule has 1 atom stereocenters. The van der Waals surface area contributed by atoms with Crippen molar-refractivity contribution in [2.24, 2.45) is 4.99 Å². The molecule has 1 unspecified atom stereocenters. The van der Waals surface area contributed by atoms with Crippen LogP contribution in [0.3, 0.4) is 0 Å². The van der Waals surface area contributed by atoms with Gasteiger partial charge in [-0.15, -0.1) is 24.0 Å². The van der Waals surface area contributed by atoms with Crippen LogP contribution in [0.5, 0.6) is 0 Å². The standard InChI is InChI=1S/C22H27N5OS.HI/c1-3-23-22(24-14-15-29(28)21-12-8-5-9-13-21)26(2)17-19-16-25-27(18-19)20-10-6-4-7-11-20;/h4-13,16,18H,3,14-15,17H2,1-2H3,(H,23,24);1H. The lowest BCUT2D eigenvalue weighted by Gasteiger charge is -2.21. The van der Waals surface area contributed by atoms with E-state index in [4.69, 9.17) is 0 Å². The first-order valence-corrected chi connectivity index (χ1v) is 11.0. The number of hydrogen-bond acceptors (Lipinski definition) is 3. The Kier molecular flexibility index (Phi) is 10.0. The predicted octanol–water partition coefficient (Wildman–Crippen LogP) is 3.70. The van der Waals surface area contributed by atoms with Crippen LogP contribution in [-0.2, 0) is 17.3 Å². The Morgan fingerprint density at radius 2 is 1.80 bits per heavy atom. The van der Waals surface area contributed by atoms with E-state index < -0.39 is 10.8 Å². The highest BCUT2D eigenvalue weighted by Crippen LogP contribution is 2.09. The second-order valence-electron chi connectivity index (χ2n) is 6.58. The van der Waals surface area contributed by atoms with Crippen molar-refractivity contribution in [3.8, 4) is 5.69 Å². The monoisotopic (exact) mass is 537 g/mol. The zero-order valence-corrected chi connectivity index (χ0v) is 20.4. The minimum Gasteiger partial charge on any atom is -0.357 e. The molecule has 8 heteroatoms. The molecular weight excluding hydrogens is 509 g/mol. The number of guanidine groups is 1. The number of benzene rings is 2. The third kappa shape index (κ3) is 6.94. The van der Waals surface area contributed by atoms with Gasteiger partial charge in [0.05, 0.1) is 29.2 Å². The molecule has 0 aliphatic heterocycles. The number of rotatable bonds is 8. The van der Waals surface area contributed by atoms with E-state index in [1.807, 2.05) is 91.7 Å². The molecule has 0 fully saturated rings. The molecule has 0 bridgehead atoms. The van der Waals surface area contributed by atoms with Gasteiger partial charge in [0.1, 0.15) is 0 Å². The van der Waals surface area contributed by atoms with Gasteiger partial charge in [-0.2, -0.15) is 5.10 Å². The number of aromatic nitrogens is 2. The Labute approximate surface area is 197 Å². The number of hydrogen-bond donors (Lipinski definition) is 1. The molecule has 0 amide bonds. The van der Waals surface area contributed by atoms with Gasteiger partial charge in [0, 0.05) is 42.5 Å². The predicted molar refractivity (Wildman–Crippen MR) is 134 cm³/mol. The van der Waals surface area contributed by atoms with Crippen molar-refractivity contribution < 1.29 is 4.21 Å². The molecular formula is C22H28IN5OS. The molecule has 0 saturated heterocycles. The van der Waals surface area contributed by atoms with E-state index in [0.717, 1.165) is 28.7 Å². The Hall–Kier alpha value is -2.20. The van der Waals surface area contributed by atoms with Crippen molar-refractivity contribution in [1.82, 2.24) is 20.0 Å². The number of halogens is 1. The highest BCUT2D eigenvalue weighted by Gasteiger charge is 2.09. The number of nitrogens with zero attached hydrogens (tertiary/aromatic N) is 4. The summed E-state index contributed by atoms with van der Waals surface area (Å²) in [5.74, 6) is 1.30. The van der Waals surface area contributed by atoms with Crippen LogP contribution >= 0.6 is 24.0 Å². The van der Waals surface area contributed by atoms with E-state index >= 15 is 0 Å². The van der Waals surface area contributed by atoms with E-state index in [2.05, 4.69) is 20.3 Å². The van der Waals surface area contributed by atoms with Gasteiger partial charge in [-0.3, -0.25) is 9.20 Å². The maximum Gasteiger partial charge on any atom is 0.193 e. The maximum atomic E-state index is 12.4. The summed E-state index contributed by atoms with van der Waals surface area (Å²) >= 11 is 0. The minimum absolute atomic E-state index is 0. The van der Waals surface area contributed by atoms with Gasteiger partial charge in [0.25, 0.3) is 0 Å². The molecule has 3 rings (SSSR count). The molecule has 2 aromatic carbocycles. The molecule has 0 aliphatic rings. The average molecular weight is 537 g/mol. The molecule has 6 nitrogen and oxygen atoms in total. The van der Waals surface area contributed by atoms with Crippen LogP contribution < -0.4 is 5.32 Å². The SMILES string of the molecule is CCNC(=NCCS(=O)c1ccccc1)N(C)Cc1cnn(-c2ccccc2)c1.I. The van der Waals surface area contributed by atoms with Crippen LogP contribution in [0.2, 0.25) is 0 Å². The Morgan fingerprint density at radius 3 is 2.47 bits per heavy atom. The summed E-state index contributed by atoms with van der Waals surface area (Å²) in [6, 6.07) is 19.6. The fraction of sp³-hybridized carbons (Fsp3) is 0.273. The van der Waals surface area contributed by atoms with E-state index in [1.165, 1.54) is 0 Å². The van der Waals surface area contributed by atoms with Crippen LogP contribution in [-0.4, -0.2) is 50.7 Å². The lowest BCUT2D eigenvalue weighted by atomic mass is 10.3. The molecule has 0 spiro atoms. The Bertz CT molecular complexity index is 946. The van der Waals surface area contributed by atoms with E-state index in [9.17, 15) is 4.21 Å². The third-order valence-electron chi connectivity index (χ3n) is 4.32. The third-order valence-corrected chi connectivity index (χ3v) is 5.67. The van der Waals surface area contributed by atoms with Crippen molar-refractivity contribution in [2.45, 2.75) is 18.4 Å². The lowest BCUT2D eigenvalue weighted by Crippen LogP contribution is -2.38. The first-order chi connectivity index (χ1) is 14.2. The van der Waals surface area contributed by atoms with Crippen LogP contribution in [0, 0.1) is 0 Å². The van der Waals surface area contributed by atoms with Crippen LogP contribution in [0.25, 0.3) is 5.69 Å². The molecule has 0 saturated carbocycles. The minimum atomic E-state index is -1.04. The quantitative estimate of drug-likeness (QED) is 0.271. The van der Waals surface area contributed by atoms with Crippen LogP contribution in [0.4, 0.5) is 0 Å². The van der Waals surface area contributed by atoms with Gasteiger partial charge < -0.3 is 10.2 Å². The topological polar surface area (TPSA) is 62.5 Å². The van der Waals surface area contributed by atoms with Crippen molar-refractivity contribution in [3.63, 3.8) is 0 Å². The van der Waals surface area contributed by atoms with E-state index in [-0.39, 0.29) is 24.0 Å². The van der Waals surface area contributed by atoms with Gasteiger partial charge >= 0.3 is 0 Å². The van der Waals surface area contributed by atoms with Crippen molar-refractivity contribution in [2.75, 3.05) is 25.9 Å². The fourth-order valence-electron chi connectivity index (χ4n) is 2.91. The fourth-order valence-corrected chi connectivity index (χ4v) is 3.86. The molecule has 1 N–H and O–H groups in total. The van der Waals surface area contributed by atoms with Crippen LogP contribution in [0.15, 0.2) is 82.9 Å². The van der Waals surface area contributed by atoms with Gasteiger partial charge in [-0.1, -0.05) is 36.4 Å². The summed E-state index contributed by atoms with van der Waals surface area (Å²) in [4.78, 5) is 7.55. The molecule has 3 aromatic rings. The Balaban J connectivity index is 0.00000320. The number of aliphatic imine (C=N–C) groups is 1. The summed E-state index contributed by atoms with van der Waals surface area (Å²) in [7, 11) is 0.956. The maximum absolute atomic E-state index is 12.4. The zero-order valence-electron chi connectivity index (χ0n) is 17.3. The van der Waals surface area contributed by atoms with Crippen molar-refractivity contribution in [1.29, 1.82) is 0 Å². The molecule has 30 heavy (non-hydrogen) atoms. The molecule has 1 aromatic heterocycles. The first-order valence-electron chi connectivity index (χ1n) is 9.69. The van der Waals surface area contributed by atoms with E-state index in [0.29, 0.717) is 18.8 Å². The lowest BCUT2D eigenvalue weighted by molar-refractivity contribution is 0.477. The van der Waals surface area contributed by atoms with Gasteiger partial charge in [0.15, 0.2) is 5.96 Å². The normalized spacial score (nSPS) is 12.1. The van der Waals surface area contributed by atoms with Crippen molar-refractivity contribution >= 4 is 40.7 Å². The number of nitrogens with one attached hydrogen (secondary N) is 1. The summed E-state index contributed by atoms with van der Waals surface area (Å²) in [6.07, 6.45) is 3.90. The average Bonchev–Trinajstić information content (AvgIpc) is 3.22. The van der Waals surface area contributed by atoms with Crippen LogP contribution in [0.1, 0.15) is 12.5 Å². The summed E-state index contributed by atoms with van der Waals surface area (Å²) < 4.78 is 14.3. The smallest absolute Gasteiger partial charge is 0.193 e. The Morgan fingerprint density at radius 1 is 1.13 bits per heavy atom. The summed E-state index contributed by atoms with van der Waals surface area (Å²) in [6.45, 7) is 3.99. The second-order valence-corrected chi connectivity index (χ2v) is 8.15. The van der Waals surface area contributed by atoms with Crippen molar-refractivity contribution in [3.05, 3.63) is 78.6 Å². The first kappa shape index (κ1) is 24.1. The van der Waals surface area contributed by atoms with E-state index in [1.54, 1.807) is 0 Å². The molecule has 160 valence electrons. The van der Waals surface area contributed by atoms with Gasteiger partial charge in [0.2, 0.25) is 0 Å². The van der Waals surface area contributed by atoms with Gasteiger partial charge in [-0.25, -0.2) is 4.68 Å². The zero-order chi connectivity index (χ0) is 20.5. The molecule has 1 heterocycles. The highest BCUT2D eigenvalue weighted by atomic mass is 127. The second kappa shape index (κ2) is 12.5. The van der Waals surface area contributed by atoms with Gasteiger partial charge in [-0.05, 0) is 31.2 Å². The number of para-hydroxylation sites is 1. The summed E-state index contributed by atoms with van der Waals surface area (Å²) in [5, 5.41) is 7.76. The molecule has 0 radical (unpaired) electrons. The largest absolute Gasteiger partial charge is 0.357 e. The summed E-state index contributed by atoms with van der Waals surface area (Å²) in [5.41, 5.74) is 2.13. The highest BCUT2D eigenvalue weighted by molar-refractivity contribution is 14.0.